The maximum atomic E-state index is 2.37. The standard InChI is InChI=1S/C17H27P/c1-14(13-15-11-9-8-10-12-15)18(16(2,3)4)17(5,6)7/h8-13H,1-7H3/b14-13+. The minimum absolute atomic E-state index is 0.167. The largest absolute Gasteiger partial charge is 0.0690 e. The second-order valence-electron chi connectivity index (χ2n) is 6.87. The van der Waals surface area contributed by atoms with Crippen LogP contribution in [0.15, 0.2) is 35.6 Å². The van der Waals surface area contributed by atoms with Crippen molar-refractivity contribution in [2.24, 2.45) is 0 Å². The van der Waals surface area contributed by atoms with Gasteiger partial charge in [0.05, 0.1) is 0 Å². The van der Waals surface area contributed by atoms with Crippen molar-refractivity contribution in [2.75, 3.05) is 0 Å². The van der Waals surface area contributed by atoms with Crippen LogP contribution in [0.25, 0.3) is 6.08 Å². The summed E-state index contributed by atoms with van der Waals surface area (Å²) in [5.41, 5.74) is 1.32. The summed E-state index contributed by atoms with van der Waals surface area (Å²) in [7, 11) is -0.167. The van der Waals surface area contributed by atoms with Crippen molar-refractivity contribution in [2.45, 2.75) is 58.8 Å². The Bertz CT molecular complexity index is 387. The van der Waals surface area contributed by atoms with E-state index in [1.807, 2.05) is 0 Å². The first-order chi connectivity index (χ1) is 8.12. The van der Waals surface area contributed by atoms with E-state index in [9.17, 15) is 0 Å². The predicted octanol–water partition coefficient (Wildman–Crippen LogP) is 6.13. The summed E-state index contributed by atoms with van der Waals surface area (Å²) < 4.78 is 0. The maximum absolute atomic E-state index is 2.37. The van der Waals surface area contributed by atoms with Gasteiger partial charge in [-0.1, -0.05) is 85.9 Å². The third-order valence-corrected chi connectivity index (χ3v) is 6.39. The molecule has 0 saturated heterocycles. The molecule has 100 valence electrons. The average molecular weight is 262 g/mol. The number of benzene rings is 1. The van der Waals surface area contributed by atoms with Crippen molar-refractivity contribution in [3.8, 4) is 0 Å². The lowest BCUT2D eigenvalue weighted by Crippen LogP contribution is -2.25. The molecule has 0 aliphatic heterocycles. The Morgan fingerprint density at radius 1 is 0.889 bits per heavy atom. The van der Waals surface area contributed by atoms with Crippen molar-refractivity contribution < 1.29 is 0 Å². The van der Waals surface area contributed by atoms with Crippen LogP contribution in [0.5, 0.6) is 0 Å². The monoisotopic (exact) mass is 262 g/mol. The quantitative estimate of drug-likeness (QED) is 0.563. The molecule has 0 fully saturated rings. The molecule has 0 heterocycles. The fraction of sp³-hybridized carbons (Fsp3) is 0.529. The van der Waals surface area contributed by atoms with E-state index in [1.165, 1.54) is 10.9 Å². The molecule has 1 aromatic rings. The molecule has 0 unspecified atom stereocenters. The Labute approximate surface area is 114 Å². The van der Waals surface area contributed by atoms with E-state index in [2.05, 4.69) is 84.9 Å². The van der Waals surface area contributed by atoms with Crippen molar-refractivity contribution >= 4 is 14.0 Å². The summed E-state index contributed by atoms with van der Waals surface area (Å²) in [6.07, 6.45) is 2.36. The Balaban J connectivity index is 3.12. The SMILES string of the molecule is C/C(=C\c1ccccc1)P(C(C)(C)C)C(C)(C)C. The Morgan fingerprint density at radius 3 is 1.72 bits per heavy atom. The first-order valence-corrected chi connectivity index (χ1v) is 8.00. The summed E-state index contributed by atoms with van der Waals surface area (Å²) in [4.78, 5) is 0. The van der Waals surface area contributed by atoms with Gasteiger partial charge in [0.1, 0.15) is 0 Å². The van der Waals surface area contributed by atoms with Crippen LogP contribution in [0, 0.1) is 0 Å². The van der Waals surface area contributed by atoms with E-state index in [0.717, 1.165) is 0 Å². The number of hydrogen-bond acceptors (Lipinski definition) is 0. The van der Waals surface area contributed by atoms with Crippen LogP contribution in [0.1, 0.15) is 54.0 Å². The zero-order valence-corrected chi connectivity index (χ0v) is 13.8. The molecule has 0 amide bonds. The molecule has 0 saturated carbocycles. The van der Waals surface area contributed by atoms with Gasteiger partial charge in [-0.3, -0.25) is 0 Å². The van der Waals surface area contributed by atoms with Gasteiger partial charge in [-0.2, -0.15) is 0 Å². The molecular weight excluding hydrogens is 235 g/mol. The van der Waals surface area contributed by atoms with E-state index in [1.54, 1.807) is 0 Å². The zero-order chi connectivity index (χ0) is 14.0. The smallest absolute Gasteiger partial charge is 0.0138 e. The third kappa shape index (κ3) is 4.25. The highest BCUT2D eigenvalue weighted by molar-refractivity contribution is 7.65. The van der Waals surface area contributed by atoms with Gasteiger partial charge in [0.2, 0.25) is 0 Å². The molecule has 1 heteroatoms. The van der Waals surface area contributed by atoms with Gasteiger partial charge < -0.3 is 0 Å². The van der Waals surface area contributed by atoms with Crippen LogP contribution in [0.3, 0.4) is 0 Å². The number of hydrogen-bond donors (Lipinski definition) is 0. The van der Waals surface area contributed by atoms with Gasteiger partial charge in [0, 0.05) is 0 Å². The van der Waals surface area contributed by atoms with E-state index >= 15 is 0 Å². The second kappa shape index (κ2) is 5.57. The van der Waals surface area contributed by atoms with Crippen molar-refractivity contribution in [3.63, 3.8) is 0 Å². The number of allylic oxidation sites excluding steroid dienone is 1. The molecule has 0 nitrogen and oxygen atoms in total. The van der Waals surface area contributed by atoms with Crippen molar-refractivity contribution in [1.82, 2.24) is 0 Å². The minimum Gasteiger partial charge on any atom is -0.0690 e. The molecule has 0 radical (unpaired) electrons. The minimum atomic E-state index is -0.167. The fourth-order valence-corrected chi connectivity index (χ4v) is 7.33. The van der Waals surface area contributed by atoms with E-state index in [4.69, 9.17) is 0 Å². The molecule has 0 spiro atoms. The first-order valence-electron chi connectivity index (χ1n) is 6.66. The van der Waals surface area contributed by atoms with Crippen LogP contribution in [-0.2, 0) is 0 Å². The maximum Gasteiger partial charge on any atom is -0.0138 e. The van der Waals surface area contributed by atoms with Gasteiger partial charge >= 0.3 is 0 Å². The topological polar surface area (TPSA) is 0 Å². The highest BCUT2D eigenvalue weighted by atomic mass is 31.1. The lowest BCUT2D eigenvalue weighted by atomic mass is 10.2. The van der Waals surface area contributed by atoms with Crippen LogP contribution < -0.4 is 0 Å². The molecule has 18 heavy (non-hydrogen) atoms. The highest BCUT2D eigenvalue weighted by Crippen LogP contribution is 2.64. The zero-order valence-electron chi connectivity index (χ0n) is 12.9. The van der Waals surface area contributed by atoms with Crippen molar-refractivity contribution in [1.29, 1.82) is 0 Å². The second-order valence-corrected chi connectivity index (χ2v) is 10.9. The van der Waals surface area contributed by atoms with E-state index in [-0.39, 0.29) is 7.92 Å². The predicted molar refractivity (Wildman–Crippen MR) is 86.5 cm³/mol. The van der Waals surface area contributed by atoms with Crippen molar-refractivity contribution in [3.05, 3.63) is 41.2 Å². The lowest BCUT2D eigenvalue weighted by molar-refractivity contribution is 0.711. The van der Waals surface area contributed by atoms with Gasteiger partial charge in [-0.15, -0.1) is 0 Å². The molecule has 0 aliphatic carbocycles. The molecule has 0 bridgehead atoms. The molecular formula is C17H27P. The van der Waals surface area contributed by atoms with E-state index in [0.29, 0.717) is 10.3 Å². The Kier molecular flexibility index (Phi) is 4.78. The molecule has 0 aliphatic rings. The molecule has 1 aromatic carbocycles. The van der Waals surface area contributed by atoms with Crippen LogP contribution in [-0.4, -0.2) is 10.3 Å². The molecule has 0 aromatic heterocycles. The average Bonchev–Trinajstić information content (AvgIpc) is 2.13. The summed E-state index contributed by atoms with van der Waals surface area (Å²) in [5.74, 6) is 0. The summed E-state index contributed by atoms with van der Waals surface area (Å²) in [6, 6.07) is 10.7. The normalized spacial score (nSPS) is 14.1. The van der Waals surface area contributed by atoms with Crippen LogP contribution in [0.4, 0.5) is 0 Å². The molecule has 1 rings (SSSR count). The molecule has 0 atom stereocenters. The fourth-order valence-electron chi connectivity index (χ4n) is 2.92. The first kappa shape index (κ1) is 15.4. The number of rotatable bonds is 2. The van der Waals surface area contributed by atoms with Crippen LogP contribution >= 0.6 is 7.92 Å². The Morgan fingerprint density at radius 2 is 1.33 bits per heavy atom. The molecule has 0 N–H and O–H groups in total. The van der Waals surface area contributed by atoms with E-state index < -0.39 is 0 Å². The van der Waals surface area contributed by atoms with Crippen LogP contribution in [0.2, 0.25) is 0 Å². The highest BCUT2D eigenvalue weighted by Gasteiger charge is 2.35. The summed E-state index contributed by atoms with van der Waals surface area (Å²) in [6.45, 7) is 16.5. The Hall–Kier alpha value is -0.610. The third-order valence-electron chi connectivity index (χ3n) is 2.87. The summed E-state index contributed by atoms with van der Waals surface area (Å²) in [5, 5.41) is 2.24. The van der Waals surface area contributed by atoms with Gasteiger partial charge in [-0.25, -0.2) is 0 Å². The van der Waals surface area contributed by atoms with Gasteiger partial charge in [0.25, 0.3) is 0 Å². The lowest BCUT2D eigenvalue weighted by Gasteiger charge is -2.42. The van der Waals surface area contributed by atoms with Gasteiger partial charge in [-0.05, 0) is 28.1 Å². The summed E-state index contributed by atoms with van der Waals surface area (Å²) >= 11 is 0. The van der Waals surface area contributed by atoms with Gasteiger partial charge in [0.15, 0.2) is 0 Å².